The van der Waals surface area contributed by atoms with Gasteiger partial charge < -0.3 is 43.5 Å². The monoisotopic (exact) mass is 784 g/mol. The number of aromatic hydroxyl groups is 1. The van der Waals surface area contributed by atoms with Crippen LogP contribution in [0.1, 0.15) is 89.2 Å². The second-order valence-corrected chi connectivity index (χ2v) is 15.3. The van der Waals surface area contributed by atoms with Gasteiger partial charge in [-0.05, 0) is 101 Å². The van der Waals surface area contributed by atoms with Crippen LogP contribution in [-0.4, -0.2) is 41.1 Å². The summed E-state index contributed by atoms with van der Waals surface area (Å²) in [6.07, 6.45) is 11.3. The minimum atomic E-state index is -0.701. The Morgan fingerprint density at radius 2 is 1.56 bits per heavy atom. The predicted molar refractivity (Wildman–Crippen MR) is 198 cm³/mol. The molecule has 0 atom stereocenters. The van der Waals surface area contributed by atoms with Crippen LogP contribution in [0.15, 0.2) is 114 Å². The number of hydrogen-bond donors (Lipinski definition) is 1. The smallest absolute Gasteiger partial charge is 0.342 e. The van der Waals surface area contributed by atoms with Crippen LogP contribution in [0.3, 0.4) is 0 Å². The summed E-state index contributed by atoms with van der Waals surface area (Å²) in [4.78, 5) is 15.3. The molecule has 2 aliphatic heterocycles. The van der Waals surface area contributed by atoms with Crippen LogP contribution in [0.4, 0.5) is 11.4 Å². The molecule has 3 aromatic rings. The van der Waals surface area contributed by atoms with Crippen molar-refractivity contribution < 1.29 is 47.9 Å². The normalized spacial score (nSPS) is 19.6. The molecule has 0 bridgehead atoms. The highest BCUT2D eigenvalue weighted by molar-refractivity contribution is 6.03. The highest BCUT2D eigenvalue weighted by Gasteiger charge is 2.43. The quantitative estimate of drug-likeness (QED) is 0.172. The Hall–Kier alpha value is -4.11. The van der Waals surface area contributed by atoms with Crippen molar-refractivity contribution in [3.8, 4) is 11.5 Å². The first-order chi connectivity index (χ1) is 23.1. The first-order valence-electron chi connectivity index (χ1n) is 17.2. The first-order valence-corrected chi connectivity index (χ1v) is 17.2. The van der Waals surface area contributed by atoms with Gasteiger partial charge in [0, 0.05) is 41.6 Å². The second kappa shape index (κ2) is 13.9. The number of ether oxygens (including phenoxy) is 2. The predicted octanol–water partition coefficient (Wildman–Crippen LogP) is 6.67. The summed E-state index contributed by atoms with van der Waals surface area (Å²) in [7, 11) is 4.24. The van der Waals surface area contributed by atoms with E-state index in [9.17, 15) is 9.90 Å². The molecule has 262 valence electrons. The number of phenolic OH excluding ortho intramolecular Hbond substituents is 1. The van der Waals surface area contributed by atoms with E-state index in [0.717, 1.165) is 30.4 Å². The molecule has 2 heterocycles. The van der Waals surface area contributed by atoms with Crippen molar-refractivity contribution in [3.63, 3.8) is 0 Å². The molecule has 3 aromatic carbocycles. The number of likely N-dealkylation sites (N-methyl/N-ethyl adjacent to an activating group) is 1. The molecule has 0 aromatic heterocycles. The summed E-state index contributed by atoms with van der Waals surface area (Å²) in [5.74, 6) is 0.0870. The van der Waals surface area contributed by atoms with Gasteiger partial charge in [-0.25, -0.2) is 4.79 Å². The van der Waals surface area contributed by atoms with Crippen LogP contribution >= 0.6 is 0 Å². The zero-order valence-corrected chi connectivity index (χ0v) is 32.9. The average molecular weight is 785 g/mol. The molecule has 1 aliphatic carbocycles. The fourth-order valence-corrected chi connectivity index (χ4v) is 7.53. The summed E-state index contributed by atoms with van der Waals surface area (Å²) >= 11 is 0. The highest BCUT2D eigenvalue weighted by atomic mass is 127. The zero-order chi connectivity index (χ0) is 35.3. The SMILES string of the molecule is CN1/C(=C/C=C2\CCCC(/C=C/C3=[N+](C)c4ccccc4C3(C)C)=C2Oc2cccc(C(=O)OC(C)(C)C)c2O)C(C)(C)c2ccccc21.[I-]. The van der Waals surface area contributed by atoms with Gasteiger partial charge in [-0.1, -0.05) is 62.4 Å². The molecule has 1 N–H and O–H groups in total. The summed E-state index contributed by atoms with van der Waals surface area (Å²) < 4.78 is 14.5. The van der Waals surface area contributed by atoms with Crippen LogP contribution in [0.2, 0.25) is 0 Å². The van der Waals surface area contributed by atoms with Crippen molar-refractivity contribution in [1.82, 2.24) is 0 Å². The van der Waals surface area contributed by atoms with E-state index in [2.05, 4.69) is 124 Å². The van der Waals surface area contributed by atoms with Crippen molar-refractivity contribution in [2.75, 3.05) is 19.0 Å². The van der Waals surface area contributed by atoms with Crippen molar-refractivity contribution in [1.29, 1.82) is 0 Å². The third-order valence-electron chi connectivity index (χ3n) is 10.1. The van der Waals surface area contributed by atoms with Crippen LogP contribution in [0.25, 0.3) is 0 Å². The number of phenols is 1. The molecule has 6 nitrogen and oxygen atoms in total. The first kappa shape index (κ1) is 37.2. The lowest BCUT2D eigenvalue weighted by Crippen LogP contribution is -3.00. The number of fused-ring (bicyclic) bond motifs is 2. The van der Waals surface area contributed by atoms with Crippen LogP contribution < -0.4 is 33.6 Å². The van der Waals surface area contributed by atoms with Gasteiger partial charge in [-0.3, -0.25) is 0 Å². The molecule has 0 amide bonds. The Kier molecular flexibility index (Phi) is 10.3. The summed E-state index contributed by atoms with van der Waals surface area (Å²) in [6, 6.07) is 22.1. The number of hydrogen-bond acceptors (Lipinski definition) is 5. The van der Waals surface area contributed by atoms with Crippen LogP contribution in [0.5, 0.6) is 11.5 Å². The van der Waals surface area contributed by atoms with E-state index in [-0.39, 0.29) is 51.9 Å². The van der Waals surface area contributed by atoms with Gasteiger partial charge in [-0.2, -0.15) is 4.58 Å². The number of para-hydroxylation sites is 3. The summed E-state index contributed by atoms with van der Waals surface area (Å²) in [5, 5.41) is 11.4. The second-order valence-electron chi connectivity index (χ2n) is 15.3. The minimum Gasteiger partial charge on any atom is -1.00 e. The molecular weight excluding hydrogens is 735 g/mol. The maximum absolute atomic E-state index is 13.0. The van der Waals surface area contributed by atoms with Gasteiger partial charge in [0.2, 0.25) is 5.69 Å². The standard InChI is InChI=1S/C43H48N2O4.HI/c1-41(2,3)49-40(47)30-18-15-23-35(38(30)46)48-39-28(24-26-36-42(4,5)31-19-10-12-21-33(31)44(36)8)16-14-17-29(39)25-27-37-43(6,7)32-20-11-13-22-34(32)45(37)9;/h10-13,15,18-27H,14,16-17H2,1-9H3;1H. The van der Waals surface area contributed by atoms with E-state index in [1.165, 1.54) is 33.9 Å². The number of nitrogens with zero attached hydrogens (tertiary/aromatic N) is 2. The van der Waals surface area contributed by atoms with Gasteiger partial charge in [0.05, 0.1) is 5.41 Å². The Bertz CT molecular complexity index is 1990. The van der Waals surface area contributed by atoms with E-state index in [4.69, 9.17) is 9.47 Å². The molecule has 7 heteroatoms. The van der Waals surface area contributed by atoms with E-state index in [1.54, 1.807) is 39.0 Å². The zero-order valence-electron chi connectivity index (χ0n) is 30.7. The third kappa shape index (κ3) is 6.81. The van der Waals surface area contributed by atoms with Crippen molar-refractivity contribution in [2.24, 2.45) is 0 Å². The van der Waals surface area contributed by atoms with Gasteiger partial charge in [-0.15, -0.1) is 0 Å². The van der Waals surface area contributed by atoms with E-state index >= 15 is 0 Å². The minimum absolute atomic E-state index is 0. The fourth-order valence-electron chi connectivity index (χ4n) is 7.53. The average Bonchev–Trinajstić information content (AvgIpc) is 3.36. The molecule has 3 aliphatic rings. The van der Waals surface area contributed by atoms with E-state index in [1.807, 2.05) is 0 Å². The number of anilines is 1. The third-order valence-corrected chi connectivity index (χ3v) is 10.1. The summed E-state index contributed by atoms with van der Waals surface area (Å²) in [6.45, 7) is 14.5. The van der Waals surface area contributed by atoms with Crippen molar-refractivity contribution in [2.45, 2.75) is 84.2 Å². The Labute approximate surface area is 314 Å². The fraction of sp³-hybridized carbons (Fsp3) is 0.349. The molecule has 0 spiro atoms. The molecule has 50 heavy (non-hydrogen) atoms. The molecule has 6 rings (SSSR count). The maximum atomic E-state index is 13.0. The summed E-state index contributed by atoms with van der Waals surface area (Å²) in [5.41, 5.74) is 8.50. The Morgan fingerprint density at radius 1 is 0.880 bits per heavy atom. The molecule has 0 unspecified atom stereocenters. The number of halogens is 1. The molecule has 0 fully saturated rings. The number of carbonyl (C=O) groups excluding carboxylic acids is 1. The van der Waals surface area contributed by atoms with Crippen molar-refractivity contribution in [3.05, 3.63) is 130 Å². The van der Waals surface area contributed by atoms with Gasteiger partial charge in [0.1, 0.15) is 24.0 Å². The number of esters is 1. The molecule has 0 radical (unpaired) electrons. The lowest BCUT2D eigenvalue weighted by molar-refractivity contribution is -0.401. The largest absolute Gasteiger partial charge is 1.00 e. The number of carbonyl (C=O) groups is 1. The lowest BCUT2D eigenvalue weighted by Gasteiger charge is -2.25. The van der Waals surface area contributed by atoms with Gasteiger partial charge in [0.15, 0.2) is 17.2 Å². The van der Waals surface area contributed by atoms with Crippen molar-refractivity contribution >= 4 is 23.1 Å². The maximum Gasteiger partial charge on any atom is 0.342 e. The van der Waals surface area contributed by atoms with Gasteiger partial charge in [0.25, 0.3) is 0 Å². The molecular formula is C43H49IN2O4. The van der Waals surface area contributed by atoms with Gasteiger partial charge >= 0.3 is 5.97 Å². The number of benzene rings is 3. The number of rotatable bonds is 6. The van der Waals surface area contributed by atoms with Crippen LogP contribution in [0, 0.1) is 0 Å². The van der Waals surface area contributed by atoms with E-state index < -0.39 is 11.6 Å². The van der Waals surface area contributed by atoms with Crippen LogP contribution in [-0.2, 0) is 15.6 Å². The highest BCUT2D eigenvalue weighted by Crippen LogP contribution is 2.47. The van der Waals surface area contributed by atoms with E-state index in [0.29, 0.717) is 5.76 Å². The number of allylic oxidation sites excluding steroid dienone is 7. The topological polar surface area (TPSA) is 62.0 Å². The Morgan fingerprint density at radius 3 is 2.24 bits per heavy atom. The Balaban J connectivity index is 0.00000486. The molecule has 0 saturated carbocycles. The molecule has 0 saturated heterocycles. The lowest BCUT2D eigenvalue weighted by atomic mass is 9.81.